The Balaban J connectivity index is 2.04. The summed E-state index contributed by atoms with van der Waals surface area (Å²) >= 11 is 5.84. The topological polar surface area (TPSA) is 76.9 Å². The second kappa shape index (κ2) is 11.6. The molecule has 0 aliphatic rings. The van der Waals surface area contributed by atoms with E-state index >= 15 is 0 Å². The Morgan fingerprint density at radius 1 is 1.05 bits per heavy atom. The number of aryl methyl sites for hydroxylation is 1. The largest absolute Gasteiger partial charge is 0.394 e. The SMILES string of the molecule is Cc1cc(N(C)CCOCCOCCOCCO)nc(Cl)n1. The van der Waals surface area contributed by atoms with Gasteiger partial charge in [0.1, 0.15) is 5.82 Å². The van der Waals surface area contributed by atoms with E-state index in [0.717, 1.165) is 11.5 Å². The number of aliphatic hydroxyl groups excluding tert-OH is 1. The fourth-order valence-electron chi connectivity index (χ4n) is 1.63. The molecule has 0 saturated heterocycles. The molecule has 8 heteroatoms. The molecule has 126 valence electrons. The molecule has 1 rings (SSSR count). The third kappa shape index (κ3) is 8.45. The maximum atomic E-state index is 8.52. The van der Waals surface area contributed by atoms with Crippen LogP contribution in [0.5, 0.6) is 0 Å². The van der Waals surface area contributed by atoms with E-state index in [4.69, 9.17) is 30.9 Å². The number of nitrogens with zero attached hydrogens (tertiary/aromatic N) is 3. The van der Waals surface area contributed by atoms with Crippen molar-refractivity contribution in [1.29, 1.82) is 0 Å². The number of hydrogen-bond donors (Lipinski definition) is 1. The van der Waals surface area contributed by atoms with E-state index in [1.54, 1.807) is 0 Å². The van der Waals surface area contributed by atoms with Crippen molar-refractivity contribution in [2.75, 3.05) is 64.7 Å². The van der Waals surface area contributed by atoms with Crippen LogP contribution in [0.3, 0.4) is 0 Å². The zero-order chi connectivity index (χ0) is 16.2. The van der Waals surface area contributed by atoms with Gasteiger partial charge in [-0.2, -0.15) is 0 Å². The fourth-order valence-corrected chi connectivity index (χ4v) is 1.85. The number of aliphatic hydroxyl groups is 1. The zero-order valence-electron chi connectivity index (χ0n) is 13.1. The summed E-state index contributed by atoms with van der Waals surface area (Å²) < 4.78 is 15.9. The van der Waals surface area contributed by atoms with Gasteiger partial charge in [0.05, 0.1) is 46.2 Å². The Bertz CT molecular complexity index is 403. The first-order chi connectivity index (χ1) is 10.6. The molecule has 0 amide bonds. The molecule has 1 aromatic rings. The third-order valence-electron chi connectivity index (χ3n) is 2.76. The Morgan fingerprint density at radius 3 is 2.23 bits per heavy atom. The molecular weight excluding hydrogens is 310 g/mol. The second-order valence-electron chi connectivity index (χ2n) is 4.62. The average molecular weight is 334 g/mol. The van der Waals surface area contributed by atoms with Gasteiger partial charge < -0.3 is 24.2 Å². The highest BCUT2D eigenvalue weighted by molar-refractivity contribution is 6.28. The van der Waals surface area contributed by atoms with E-state index in [-0.39, 0.29) is 11.9 Å². The van der Waals surface area contributed by atoms with Crippen molar-refractivity contribution in [3.63, 3.8) is 0 Å². The highest BCUT2D eigenvalue weighted by atomic mass is 35.5. The first-order valence-electron chi connectivity index (χ1n) is 7.20. The van der Waals surface area contributed by atoms with Crippen LogP contribution in [0.2, 0.25) is 5.28 Å². The van der Waals surface area contributed by atoms with Gasteiger partial charge in [0.2, 0.25) is 5.28 Å². The summed E-state index contributed by atoms with van der Waals surface area (Å²) in [5, 5.41) is 8.77. The third-order valence-corrected chi connectivity index (χ3v) is 2.92. The number of anilines is 1. The lowest BCUT2D eigenvalue weighted by Gasteiger charge is -2.18. The van der Waals surface area contributed by atoms with Crippen LogP contribution in [0.15, 0.2) is 6.07 Å². The Labute approximate surface area is 136 Å². The Hall–Kier alpha value is -0.990. The number of halogens is 1. The summed E-state index contributed by atoms with van der Waals surface area (Å²) in [4.78, 5) is 10.2. The van der Waals surface area contributed by atoms with Gasteiger partial charge in [-0.25, -0.2) is 9.97 Å². The molecule has 22 heavy (non-hydrogen) atoms. The van der Waals surface area contributed by atoms with Gasteiger partial charge in [0.15, 0.2) is 0 Å². The standard InChI is InChI=1S/C14H24ClN3O4/c1-12-11-13(17-14(15)16-12)18(2)3-5-20-7-9-22-10-8-21-6-4-19/h11,19H,3-10H2,1-2H3. The van der Waals surface area contributed by atoms with Crippen LogP contribution in [0, 0.1) is 6.92 Å². The second-order valence-corrected chi connectivity index (χ2v) is 4.96. The normalized spacial score (nSPS) is 10.9. The molecular formula is C14H24ClN3O4. The number of ether oxygens (including phenoxy) is 3. The summed E-state index contributed by atoms with van der Waals surface area (Å²) in [5.74, 6) is 0.776. The lowest BCUT2D eigenvalue weighted by molar-refractivity contribution is 0.00880. The number of hydrogen-bond acceptors (Lipinski definition) is 7. The Morgan fingerprint density at radius 2 is 1.64 bits per heavy atom. The van der Waals surface area contributed by atoms with Crippen LogP contribution in [0.4, 0.5) is 5.82 Å². The van der Waals surface area contributed by atoms with Crippen LogP contribution in [0.1, 0.15) is 5.69 Å². The molecule has 0 atom stereocenters. The molecule has 0 saturated carbocycles. The summed E-state index contributed by atoms with van der Waals surface area (Å²) in [6.07, 6.45) is 0. The van der Waals surface area contributed by atoms with Gasteiger partial charge in [-0.05, 0) is 18.5 Å². The van der Waals surface area contributed by atoms with Crippen LogP contribution in [0.25, 0.3) is 0 Å². The maximum absolute atomic E-state index is 8.52. The van der Waals surface area contributed by atoms with Gasteiger partial charge in [-0.15, -0.1) is 0 Å². The Kier molecular flexibility index (Phi) is 10.0. The molecule has 0 spiro atoms. The fraction of sp³-hybridized carbons (Fsp3) is 0.714. The average Bonchev–Trinajstić information content (AvgIpc) is 2.48. The number of aromatic nitrogens is 2. The number of rotatable bonds is 12. The molecule has 0 aliphatic heterocycles. The van der Waals surface area contributed by atoms with E-state index in [1.807, 2.05) is 24.9 Å². The molecule has 0 aliphatic carbocycles. The predicted octanol–water partition coefficient (Wildman–Crippen LogP) is 0.917. The van der Waals surface area contributed by atoms with Crippen molar-refractivity contribution in [2.24, 2.45) is 0 Å². The minimum atomic E-state index is 0.0354. The monoisotopic (exact) mass is 333 g/mol. The lowest BCUT2D eigenvalue weighted by Crippen LogP contribution is -2.24. The molecule has 0 unspecified atom stereocenters. The van der Waals surface area contributed by atoms with Crippen molar-refractivity contribution >= 4 is 17.4 Å². The van der Waals surface area contributed by atoms with Crippen LogP contribution in [-0.4, -0.2) is 74.9 Å². The molecule has 1 N–H and O–H groups in total. The van der Waals surface area contributed by atoms with Gasteiger partial charge in [0.25, 0.3) is 0 Å². The van der Waals surface area contributed by atoms with Crippen LogP contribution in [-0.2, 0) is 14.2 Å². The first-order valence-corrected chi connectivity index (χ1v) is 7.57. The van der Waals surface area contributed by atoms with E-state index in [0.29, 0.717) is 46.2 Å². The molecule has 1 heterocycles. The van der Waals surface area contributed by atoms with Crippen molar-refractivity contribution in [3.8, 4) is 0 Å². The lowest BCUT2D eigenvalue weighted by atomic mass is 10.4. The molecule has 0 aromatic carbocycles. The quantitative estimate of drug-likeness (QED) is 0.450. The van der Waals surface area contributed by atoms with Crippen molar-refractivity contribution < 1.29 is 19.3 Å². The molecule has 0 radical (unpaired) electrons. The van der Waals surface area contributed by atoms with Gasteiger partial charge in [0, 0.05) is 25.4 Å². The molecule has 0 fully saturated rings. The zero-order valence-corrected chi connectivity index (χ0v) is 13.9. The summed E-state index contributed by atoms with van der Waals surface area (Å²) in [6.45, 7) is 5.56. The van der Waals surface area contributed by atoms with Gasteiger partial charge in [-0.3, -0.25) is 0 Å². The predicted molar refractivity (Wildman–Crippen MR) is 84.6 cm³/mol. The van der Waals surface area contributed by atoms with Crippen LogP contribution >= 0.6 is 11.6 Å². The first kappa shape index (κ1) is 19.1. The molecule has 1 aromatic heterocycles. The highest BCUT2D eigenvalue weighted by Crippen LogP contribution is 2.13. The van der Waals surface area contributed by atoms with Crippen molar-refractivity contribution in [2.45, 2.75) is 6.92 Å². The minimum Gasteiger partial charge on any atom is -0.394 e. The molecule has 0 bridgehead atoms. The van der Waals surface area contributed by atoms with Crippen molar-refractivity contribution in [3.05, 3.63) is 17.0 Å². The number of likely N-dealkylation sites (N-methyl/N-ethyl adjacent to an activating group) is 1. The maximum Gasteiger partial charge on any atom is 0.224 e. The van der Waals surface area contributed by atoms with E-state index < -0.39 is 0 Å². The summed E-state index contributed by atoms with van der Waals surface area (Å²) in [7, 11) is 1.93. The van der Waals surface area contributed by atoms with Gasteiger partial charge in [-0.1, -0.05) is 0 Å². The van der Waals surface area contributed by atoms with Crippen LogP contribution < -0.4 is 4.90 Å². The highest BCUT2D eigenvalue weighted by Gasteiger charge is 2.05. The van der Waals surface area contributed by atoms with E-state index in [9.17, 15) is 0 Å². The molecule has 7 nitrogen and oxygen atoms in total. The minimum absolute atomic E-state index is 0.0354. The smallest absolute Gasteiger partial charge is 0.224 e. The van der Waals surface area contributed by atoms with E-state index in [1.165, 1.54) is 0 Å². The summed E-state index contributed by atoms with van der Waals surface area (Å²) in [5.41, 5.74) is 0.833. The van der Waals surface area contributed by atoms with E-state index in [2.05, 4.69) is 9.97 Å². The van der Waals surface area contributed by atoms with Gasteiger partial charge >= 0.3 is 0 Å². The summed E-state index contributed by atoms with van der Waals surface area (Å²) in [6, 6.07) is 1.88. The van der Waals surface area contributed by atoms with Crippen molar-refractivity contribution in [1.82, 2.24) is 9.97 Å².